The van der Waals surface area contributed by atoms with Crippen molar-refractivity contribution in [3.63, 3.8) is 0 Å². The average molecular weight is 694 g/mol. The fraction of sp³-hybridized carbons (Fsp3) is 1.00. The van der Waals surface area contributed by atoms with Gasteiger partial charge in [0.1, 0.15) is 0 Å². The van der Waals surface area contributed by atoms with E-state index < -0.39 is 0 Å². The Morgan fingerprint density at radius 1 is 0.306 bits per heavy atom. The summed E-state index contributed by atoms with van der Waals surface area (Å²) in [5.41, 5.74) is 0. The van der Waals surface area contributed by atoms with Crippen LogP contribution >= 0.6 is 0 Å². The molecule has 0 aliphatic carbocycles. The van der Waals surface area contributed by atoms with Crippen LogP contribution < -0.4 is 0 Å². The third-order valence-electron chi connectivity index (χ3n) is 11.1. The van der Waals surface area contributed by atoms with Crippen LogP contribution in [0.1, 0.15) is 233 Å². The summed E-state index contributed by atoms with van der Waals surface area (Å²) in [6, 6.07) is 0. The molecule has 0 amide bonds. The molecular formula is C46H95NO2. The largest absolute Gasteiger partial charge is 0.381 e. The van der Waals surface area contributed by atoms with Crippen LogP contribution in [0.3, 0.4) is 0 Å². The van der Waals surface area contributed by atoms with E-state index in [0.717, 1.165) is 44.2 Å². The molecule has 0 spiro atoms. The van der Waals surface area contributed by atoms with Gasteiger partial charge in [0.15, 0.2) is 0 Å². The van der Waals surface area contributed by atoms with Gasteiger partial charge in [0.2, 0.25) is 0 Å². The van der Waals surface area contributed by atoms with E-state index >= 15 is 0 Å². The van der Waals surface area contributed by atoms with Crippen LogP contribution in [-0.4, -0.2) is 52.0 Å². The van der Waals surface area contributed by atoms with Crippen LogP contribution in [0.25, 0.3) is 0 Å². The topological polar surface area (TPSA) is 21.7 Å². The summed E-state index contributed by atoms with van der Waals surface area (Å²) in [4.78, 5) is 2.42. The molecule has 0 aliphatic rings. The lowest BCUT2D eigenvalue weighted by Gasteiger charge is -2.21. The van der Waals surface area contributed by atoms with Crippen LogP contribution in [0.4, 0.5) is 0 Å². The van der Waals surface area contributed by atoms with Crippen LogP contribution in [-0.2, 0) is 9.47 Å². The van der Waals surface area contributed by atoms with Gasteiger partial charge < -0.3 is 14.4 Å². The quantitative estimate of drug-likeness (QED) is 0.0594. The monoisotopic (exact) mass is 694 g/mol. The lowest BCUT2D eigenvalue weighted by molar-refractivity contribution is 0.112. The van der Waals surface area contributed by atoms with Crippen molar-refractivity contribution in [3.8, 4) is 0 Å². The minimum Gasteiger partial charge on any atom is -0.381 e. The Labute approximate surface area is 311 Å². The van der Waals surface area contributed by atoms with Gasteiger partial charge in [-0.15, -0.1) is 0 Å². The third kappa shape index (κ3) is 37.4. The molecule has 0 saturated heterocycles. The maximum Gasteiger partial charge on any atom is 0.0468 e. The summed E-state index contributed by atoms with van der Waals surface area (Å²) >= 11 is 0. The first-order valence-electron chi connectivity index (χ1n) is 22.9. The molecule has 296 valence electrons. The molecule has 0 saturated carbocycles. The highest BCUT2D eigenvalue weighted by atomic mass is 16.5. The predicted octanol–water partition coefficient (Wildman–Crippen LogP) is 15.0. The molecule has 0 heterocycles. The van der Waals surface area contributed by atoms with E-state index in [1.165, 1.54) is 212 Å². The molecule has 0 bridgehead atoms. The summed E-state index contributed by atoms with van der Waals surface area (Å²) in [5, 5.41) is 0. The minimum atomic E-state index is 0.886. The van der Waals surface area contributed by atoms with Gasteiger partial charge in [0.25, 0.3) is 0 Å². The van der Waals surface area contributed by atoms with E-state index in [1.807, 2.05) is 0 Å². The summed E-state index contributed by atoms with van der Waals surface area (Å²) in [6.45, 7) is 14.5. The molecule has 3 nitrogen and oxygen atoms in total. The zero-order valence-corrected chi connectivity index (χ0v) is 35.2. The Hall–Kier alpha value is -0.120. The summed E-state index contributed by atoms with van der Waals surface area (Å²) in [5.74, 6) is 2.69. The zero-order valence-electron chi connectivity index (χ0n) is 35.2. The van der Waals surface area contributed by atoms with Crippen molar-refractivity contribution in [1.82, 2.24) is 4.90 Å². The van der Waals surface area contributed by atoms with Crippen molar-refractivity contribution in [2.45, 2.75) is 233 Å². The van der Waals surface area contributed by atoms with Gasteiger partial charge in [0, 0.05) is 33.0 Å². The fourth-order valence-electron chi connectivity index (χ4n) is 7.83. The van der Waals surface area contributed by atoms with Gasteiger partial charge >= 0.3 is 0 Å². The highest BCUT2D eigenvalue weighted by Gasteiger charge is 2.11. The number of nitrogens with zero attached hydrogens (tertiary/aromatic N) is 1. The van der Waals surface area contributed by atoms with Gasteiger partial charge in [-0.25, -0.2) is 0 Å². The molecule has 0 atom stereocenters. The molecule has 0 aromatic carbocycles. The van der Waals surface area contributed by atoms with E-state index in [-0.39, 0.29) is 0 Å². The Morgan fingerprint density at radius 3 is 0.918 bits per heavy atom. The molecular weight excluding hydrogens is 599 g/mol. The van der Waals surface area contributed by atoms with Crippen molar-refractivity contribution >= 4 is 0 Å². The SMILES string of the molecule is CCCCCC(CCCCC)CCOCCCCCCCCC(CCCCCCCCOCCC(CCCCC)CCCCC)CN(C)C. The van der Waals surface area contributed by atoms with Crippen LogP contribution in [0.5, 0.6) is 0 Å². The highest BCUT2D eigenvalue weighted by molar-refractivity contribution is 4.65. The lowest BCUT2D eigenvalue weighted by Crippen LogP contribution is -2.21. The maximum absolute atomic E-state index is 6.08. The van der Waals surface area contributed by atoms with Crippen molar-refractivity contribution in [3.05, 3.63) is 0 Å². The molecule has 0 fully saturated rings. The first kappa shape index (κ1) is 48.9. The van der Waals surface area contributed by atoms with E-state index in [0.29, 0.717) is 0 Å². The second kappa shape index (κ2) is 40.6. The second-order valence-corrected chi connectivity index (χ2v) is 16.5. The summed E-state index contributed by atoms with van der Waals surface area (Å²) < 4.78 is 12.2. The first-order chi connectivity index (χ1) is 24.1. The van der Waals surface area contributed by atoms with Crippen LogP contribution in [0.15, 0.2) is 0 Å². The molecule has 0 aliphatic heterocycles. The molecule has 0 unspecified atom stereocenters. The van der Waals surface area contributed by atoms with E-state index in [1.54, 1.807) is 0 Å². The van der Waals surface area contributed by atoms with Crippen LogP contribution in [0.2, 0.25) is 0 Å². The number of ether oxygens (including phenoxy) is 2. The van der Waals surface area contributed by atoms with Crippen molar-refractivity contribution in [1.29, 1.82) is 0 Å². The highest BCUT2D eigenvalue weighted by Crippen LogP contribution is 2.23. The molecule has 49 heavy (non-hydrogen) atoms. The number of unbranched alkanes of at least 4 members (excludes halogenated alkanes) is 18. The average Bonchev–Trinajstić information content (AvgIpc) is 3.08. The lowest BCUT2D eigenvalue weighted by atomic mass is 9.92. The normalized spacial score (nSPS) is 12.1. The van der Waals surface area contributed by atoms with Crippen molar-refractivity contribution in [2.75, 3.05) is 47.1 Å². The van der Waals surface area contributed by atoms with Gasteiger partial charge in [-0.3, -0.25) is 0 Å². The molecule has 3 heteroatoms. The number of hydrogen-bond acceptors (Lipinski definition) is 3. The Morgan fingerprint density at radius 2 is 0.592 bits per heavy atom. The smallest absolute Gasteiger partial charge is 0.0468 e. The first-order valence-corrected chi connectivity index (χ1v) is 22.9. The van der Waals surface area contributed by atoms with Gasteiger partial charge in [-0.05, 0) is 70.4 Å². The van der Waals surface area contributed by atoms with Gasteiger partial charge in [0.05, 0.1) is 0 Å². The van der Waals surface area contributed by atoms with E-state index in [4.69, 9.17) is 9.47 Å². The molecule has 0 rings (SSSR count). The Kier molecular flexibility index (Phi) is 40.5. The molecule has 0 N–H and O–H groups in total. The number of rotatable bonds is 42. The Bertz CT molecular complexity index is 530. The van der Waals surface area contributed by atoms with Crippen molar-refractivity contribution < 1.29 is 9.47 Å². The standard InChI is InChI=1S/C46H95NO2/c1-7-11-23-31-44(32-24-12-8-2)37-41-48-39-29-21-17-15-19-27-35-46(43-47(5)6)36-28-20-16-18-22-30-40-49-42-38-45(33-25-13-9-3)34-26-14-10-4/h44-46H,7-43H2,1-6H3. The number of hydrogen-bond donors (Lipinski definition) is 0. The van der Waals surface area contributed by atoms with Crippen molar-refractivity contribution in [2.24, 2.45) is 17.8 Å². The second-order valence-electron chi connectivity index (χ2n) is 16.5. The van der Waals surface area contributed by atoms with Gasteiger partial charge in [-0.1, -0.05) is 195 Å². The summed E-state index contributed by atoms with van der Waals surface area (Å²) in [6.07, 6.45) is 44.2. The van der Waals surface area contributed by atoms with Gasteiger partial charge in [-0.2, -0.15) is 0 Å². The van der Waals surface area contributed by atoms with E-state index in [2.05, 4.69) is 46.7 Å². The predicted molar refractivity (Wildman–Crippen MR) is 221 cm³/mol. The summed E-state index contributed by atoms with van der Waals surface area (Å²) in [7, 11) is 4.52. The molecule has 0 aromatic heterocycles. The molecule has 0 radical (unpaired) electrons. The third-order valence-corrected chi connectivity index (χ3v) is 11.1. The minimum absolute atomic E-state index is 0.886. The maximum atomic E-state index is 6.08. The Balaban J connectivity index is 3.80. The fourth-order valence-corrected chi connectivity index (χ4v) is 7.83. The van der Waals surface area contributed by atoms with E-state index in [9.17, 15) is 0 Å². The van der Waals surface area contributed by atoms with Crippen LogP contribution in [0, 0.1) is 17.8 Å². The molecule has 0 aromatic rings. The zero-order chi connectivity index (χ0) is 35.9.